The molecule has 122 valence electrons. The van der Waals surface area contributed by atoms with Gasteiger partial charge in [0.2, 0.25) is 5.91 Å². The summed E-state index contributed by atoms with van der Waals surface area (Å²) < 4.78 is 5.14. The standard InChI is InChI=1S/C15H17N3O3S2/c1-9-6-16-15(22-9)17-13(20)8-18-4-3-12-11(7-18)5-14(23-12)21-10(2)19/h5-6H,3-4,7-8H2,1-2H3,(H,16,17,20). The first kappa shape index (κ1) is 16.1. The van der Waals surface area contributed by atoms with Gasteiger partial charge in [0.25, 0.3) is 0 Å². The Labute approximate surface area is 142 Å². The Morgan fingerprint density at radius 1 is 1.43 bits per heavy atom. The molecule has 1 aliphatic heterocycles. The normalized spacial score (nSPS) is 14.3. The molecule has 0 saturated heterocycles. The molecule has 0 aliphatic carbocycles. The van der Waals surface area contributed by atoms with Crippen molar-refractivity contribution in [2.75, 3.05) is 18.4 Å². The third kappa shape index (κ3) is 4.15. The highest BCUT2D eigenvalue weighted by Gasteiger charge is 2.22. The molecule has 0 atom stereocenters. The van der Waals surface area contributed by atoms with Gasteiger partial charge >= 0.3 is 5.97 Å². The molecule has 1 amide bonds. The van der Waals surface area contributed by atoms with Crippen LogP contribution in [0.25, 0.3) is 0 Å². The lowest BCUT2D eigenvalue weighted by molar-refractivity contribution is -0.131. The molecule has 0 bridgehead atoms. The van der Waals surface area contributed by atoms with E-state index in [2.05, 4.69) is 15.2 Å². The molecule has 0 spiro atoms. The predicted molar refractivity (Wildman–Crippen MR) is 90.1 cm³/mol. The van der Waals surface area contributed by atoms with E-state index < -0.39 is 0 Å². The van der Waals surface area contributed by atoms with Crippen molar-refractivity contribution in [2.45, 2.75) is 26.8 Å². The Morgan fingerprint density at radius 3 is 2.96 bits per heavy atom. The number of fused-ring (bicyclic) bond motifs is 1. The molecule has 8 heteroatoms. The van der Waals surface area contributed by atoms with E-state index >= 15 is 0 Å². The molecule has 23 heavy (non-hydrogen) atoms. The molecule has 2 aromatic heterocycles. The molecule has 3 rings (SSSR count). The molecule has 0 saturated carbocycles. The summed E-state index contributed by atoms with van der Waals surface area (Å²) in [6.45, 7) is 5.19. The van der Waals surface area contributed by atoms with Crippen LogP contribution in [0.15, 0.2) is 12.3 Å². The molecule has 1 aliphatic rings. The number of amides is 1. The summed E-state index contributed by atoms with van der Waals surface area (Å²) in [5.74, 6) is -0.364. The Kier molecular flexibility index (Phi) is 4.74. The van der Waals surface area contributed by atoms with E-state index in [0.29, 0.717) is 23.3 Å². The number of hydrogen-bond acceptors (Lipinski definition) is 7. The van der Waals surface area contributed by atoms with Crippen molar-refractivity contribution >= 4 is 39.7 Å². The lowest BCUT2D eigenvalue weighted by atomic mass is 10.1. The number of aryl methyl sites for hydroxylation is 1. The highest BCUT2D eigenvalue weighted by atomic mass is 32.1. The van der Waals surface area contributed by atoms with Crippen molar-refractivity contribution in [1.82, 2.24) is 9.88 Å². The van der Waals surface area contributed by atoms with Crippen LogP contribution in [0, 0.1) is 6.92 Å². The molecule has 0 aromatic carbocycles. The van der Waals surface area contributed by atoms with Crippen LogP contribution in [0.4, 0.5) is 5.13 Å². The number of carbonyl (C=O) groups is 2. The summed E-state index contributed by atoms with van der Waals surface area (Å²) in [5.41, 5.74) is 1.13. The van der Waals surface area contributed by atoms with E-state index in [0.717, 1.165) is 23.4 Å². The number of anilines is 1. The maximum Gasteiger partial charge on any atom is 0.308 e. The predicted octanol–water partition coefficient (Wildman–Crippen LogP) is 2.44. The number of carbonyl (C=O) groups excluding carboxylic acids is 2. The SMILES string of the molecule is CC(=O)Oc1cc2c(s1)CCN(CC(=O)Nc1ncc(C)s1)C2. The zero-order valence-electron chi connectivity index (χ0n) is 12.9. The van der Waals surface area contributed by atoms with E-state index in [1.165, 1.54) is 34.5 Å². The van der Waals surface area contributed by atoms with E-state index in [4.69, 9.17) is 4.74 Å². The number of nitrogens with one attached hydrogen (secondary N) is 1. The lowest BCUT2D eigenvalue weighted by Gasteiger charge is -2.25. The van der Waals surface area contributed by atoms with Crippen LogP contribution in [-0.2, 0) is 22.6 Å². The highest BCUT2D eigenvalue weighted by Crippen LogP contribution is 2.33. The van der Waals surface area contributed by atoms with Crippen molar-refractivity contribution in [1.29, 1.82) is 0 Å². The maximum absolute atomic E-state index is 12.1. The summed E-state index contributed by atoms with van der Waals surface area (Å²) in [5, 5.41) is 4.09. The lowest BCUT2D eigenvalue weighted by Crippen LogP contribution is -2.36. The van der Waals surface area contributed by atoms with Crippen molar-refractivity contribution < 1.29 is 14.3 Å². The first-order valence-electron chi connectivity index (χ1n) is 7.24. The molecule has 3 heterocycles. The highest BCUT2D eigenvalue weighted by molar-refractivity contribution is 7.15. The van der Waals surface area contributed by atoms with Gasteiger partial charge in [0.1, 0.15) is 0 Å². The minimum absolute atomic E-state index is 0.0572. The summed E-state index contributed by atoms with van der Waals surface area (Å²) in [6.07, 6.45) is 2.61. The molecular formula is C15H17N3O3S2. The maximum atomic E-state index is 12.1. The van der Waals surface area contributed by atoms with Crippen LogP contribution >= 0.6 is 22.7 Å². The van der Waals surface area contributed by atoms with Gasteiger partial charge < -0.3 is 10.1 Å². The van der Waals surface area contributed by atoms with Gasteiger partial charge in [0.05, 0.1) is 6.54 Å². The van der Waals surface area contributed by atoms with Crippen molar-refractivity contribution in [3.05, 3.63) is 27.6 Å². The summed E-state index contributed by atoms with van der Waals surface area (Å²) >= 11 is 2.98. The van der Waals surface area contributed by atoms with Crippen molar-refractivity contribution in [3.8, 4) is 5.06 Å². The number of hydrogen-bond donors (Lipinski definition) is 1. The summed E-state index contributed by atoms with van der Waals surface area (Å²) in [7, 11) is 0. The van der Waals surface area contributed by atoms with Crippen LogP contribution < -0.4 is 10.1 Å². The number of thiophene rings is 1. The average molecular weight is 351 g/mol. The summed E-state index contributed by atoms with van der Waals surface area (Å²) in [4.78, 5) is 31.6. The number of thiazole rings is 1. The van der Waals surface area contributed by atoms with Crippen LogP contribution in [-0.4, -0.2) is 34.8 Å². The Hall–Kier alpha value is -1.77. The van der Waals surface area contributed by atoms with Gasteiger partial charge in [-0.15, -0.1) is 22.7 Å². The van der Waals surface area contributed by atoms with Crippen LogP contribution in [0.5, 0.6) is 5.06 Å². The monoisotopic (exact) mass is 351 g/mol. The Bertz CT molecular complexity index is 738. The van der Waals surface area contributed by atoms with E-state index in [9.17, 15) is 9.59 Å². The smallest absolute Gasteiger partial charge is 0.308 e. The molecular weight excluding hydrogens is 334 g/mol. The van der Waals surface area contributed by atoms with Crippen molar-refractivity contribution in [3.63, 3.8) is 0 Å². The van der Waals surface area contributed by atoms with Gasteiger partial charge in [0, 0.05) is 36.0 Å². The van der Waals surface area contributed by atoms with Crippen LogP contribution in [0.1, 0.15) is 22.2 Å². The third-order valence-corrected chi connectivity index (χ3v) is 5.35. The fourth-order valence-electron chi connectivity index (χ4n) is 2.47. The third-order valence-electron chi connectivity index (χ3n) is 3.40. The number of nitrogens with zero attached hydrogens (tertiary/aromatic N) is 2. The number of esters is 1. The second kappa shape index (κ2) is 6.77. The van der Waals surface area contributed by atoms with E-state index in [1.807, 2.05) is 13.0 Å². The molecule has 1 N–H and O–H groups in total. The fraction of sp³-hybridized carbons (Fsp3) is 0.400. The first-order valence-corrected chi connectivity index (χ1v) is 8.87. The molecule has 0 fully saturated rings. The Balaban J connectivity index is 1.57. The van der Waals surface area contributed by atoms with Gasteiger partial charge in [0.15, 0.2) is 10.2 Å². The largest absolute Gasteiger partial charge is 0.416 e. The van der Waals surface area contributed by atoms with E-state index in [1.54, 1.807) is 6.20 Å². The first-order chi connectivity index (χ1) is 11.0. The molecule has 6 nitrogen and oxygen atoms in total. The minimum Gasteiger partial charge on any atom is -0.416 e. The topological polar surface area (TPSA) is 71.5 Å². The van der Waals surface area contributed by atoms with Gasteiger partial charge in [-0.05, 0) is 25.0 Å². The second-order valence-corrected chi connectivity index (χ2v) is 7.73. The van der Waals surface area contributed by atoms with Crippen molar-refractivity contribution in [2.24, 2.45) is 0 Å². The number of ether oxygens (including phenoxy) is 1. The number of rotatable bonds is 4. The van der Waals surface area contributed by atoms with Gasteiger partial charge in [-0.25, -0.2) is 4.98 Å². The Morgan fingerprint density at radius 2 is 2.26 bits per heavy atom. The van der Waals surface area contributed by atoms with E-state index in [-0.39, 0.29) is 11.9 Å². The molecule has 2 aromatic rings. The van der Waals surface area contributed by atoms with Crippen LogP contribution in [0.3, 0.4) is 0 Å². The number of aromatic nitrogens is 1. The molecule has 0 unspecified atom stereocenters. The zero-order valence-corrected chi connectivity index (χ0v) is 14.6. The molecule has 0 radical (unpaired) electrons. The summed E-state index contributed by atoms with van der Waals surface area (Å²) in [6, 6.07) is 1.90. The van der Waals surface area contributed by atoms with Gasteiger partial charge in [-0.3, -0.25) is 14.5 Å². The second-order valence-electron chi connectivity index (χ2n) is 5.39. The fourth-order valence-corrected chi connectivity index (χ4v) is 4.20. The van der Waals surface area contributed by atoms with Gasteiger partial charge in [-0.2, -0.15) is 0 Å². The van der Waals surface area contributed by atoms with Crippen LogP contribution in [0.2, 0.25) is 0 Å². The minimum atomic E-state index is -0.307. The average Bonchev–Trinajstić information content (AvgIpc) is 3.03. The van der Waals surface area contributed by atoms with Gasteiger partial charge in [-0.1, -0.05) is 0 Å². The zero-order chi connectivity index (χ0) is 16.4. The quantitative estimate of drug-likeness (QED) is 0.857.